The first-order valence-corrected chi connectivity index (χ1v) is 42.3. The molecule has 11 N–H and O–H groups in total. The number of hydrogen-bond acceptors (Lipinski definition) is 22. The van der Waals surface area contributed by atoms with Crippen molar-refractivity contribution in [1.29, 1.82) is 0 Å². The van der Waals surface area contributed by atoms with Gasteiger partial charge in [-0.1, -0.05) is 307 Å². The first kappa shape index (κ1) is 124. The van der Waals surface area contributed by atoms with Gasteiger partial charge in [-0.3, -0.25) is 0 Å². The fraction of sp³-hybridized carbons (Fsp3) is 0.398. The average molecular weight is 1740 g/mol. The second kappa shape index (κ2) is 107. The summed E-state index contributed by atoms with van der Waals surface area (Å²) in [7, 11) is 10.9. The third-order valence-electron chi connectivity index (χ3n) is 14.9. The maximum absolute atomic E-state index is 8.58. The summed E-state index contributed by atoms with van der Waals surface area (Å²) in [6.07, 6.45) is 7.40. The molecular weight excluding hydrogens is 1590 g/mol. The standard InChI is InChI=1S/C15H18O2.C12H10.C10H12.C10H8.C9H12O2.2C8H10O2.C6H6.7C3H8O2.2C2H6/c16-9-11-17-10-3-4-13-7-8-14-5-1-2-6-15(14)12-13;1-3-7-11(8-4-1)12-9-5-2-6-10-12;2*1-2-6-10-8-4-3-7-9(10)5-1;10-6-7-11-8-9-4-2-1-3-5-9;2*9-6-7-10-8-4-2-1-3-5-8;1-2-4-6-5-3-1;7*1-5-3-2-4;2*1-2/h1-2,5-8,12,16H,3-4,9-11H2;1-10H;1-2,5-6H,3-4,7-8H2;1-8H;1-5,10H,6-8H2;2*1-5,9H,6-7H2;1-6H;7*4H,2-3H2,1H3;2*1-2H3. The van der Waals surface area contributed by atoms with Crippen LogP contribution in [0.25, 0.3) is 32.7 Å². The number of benzene rings is 11. The van der Waals surface area contributed by atoms with Gasteiger partial charge >= 0.3 is 0 Å². The van der Waals surface area contributed by atoms with Gasteiger partial charge in [0.05, 0.1) is 139 Å². The van der Waals surface area contributed by atoms with Crippen molar-refractivity contribution in [2.75, 3.05) is 202 Å². The normalized spacial score (nSPS) is 9.71. The maximum atomic E-state index is 8.58. The van der Waals surface area contributed by atoms with Crippen molar-refractivity contribution >= 4 is 21.5 Å². The number of ether oxygens (including phenoxy) is 11. The first-order valence-electron chi connectivity index (χ1n) is 42.3. The summed E-state index contributed by atoms with van der Waals surface area (Å²) in [6, 6.07) is 102. The van der Waals surface area contributed by atoms with Crippen molar-refractivity contribution < 1.29 is 108 Å². The molecule has 22 nitrogen and oxygen atoms in total. The number of aliphatic hydroxyl groups excluding tert-OH is 11. The largest absolute Gasteiger partial charge is 0.491 e. The number of rotatable bonds is 31. The predicted octanol–water partition coefficient (Wildman–Crippen LogP) is 16.0. The number of aryl methyl sites for hydroxylation is 3. The molecule has 0 fully saturated rings. The molecule has 0 aromatic heterocycles. The minimum Gasteiger partial charge on any atom is -0.491 e. The minimum atomic E-state index is 0.0644. The molecule has 1 aliphatic rings. The van der Waals surface area contributed by atoms with Gasteiger partial charge in [0.25, 0.3) is 0 Å². The number of fused-ring (bicyclic) bond motifs is 3. The lowest BCUT2D eigenvalue weighted by molar-refractivity contribution is 0.0815. The Kier molecular flexibility index (Phi) is 106. The third kappa shape index (κ3) is 85.3. The van der Waals surface area contributed by atoms with Crippen molar-refractivity contribution in [1.82, 2.24) is 0 Å². The average Bonchev–Trinajstić information content (AvgIpc) is 0.833. The summed E-state index contributed by atoms with van der Waals surface area (Å²) >= 11 is 0. The van der Waals surface area contributed by atoms with Crippen LogP contribution in [0, 0.1) is 0 Å². The van der Waals surface area contributed by atoms with Crippen LogP contribution in [-0.2, 0) is 68.5 Å². The minimum absolute atomic E-state index is 0.0644. The Bertz CT molecular complexity index is 3480. The molecule has 0 aliphatic heterocycles. The Balaban J connectivity index is -0.000000417. The Morgan fingerprint density at radius 1 is 0.224 bits per heavy atom. The van der Waals surface area contributed by atoms with Crippen molar-refractivity contribution in [3.63, 3.8) is 0 Å². The molecule has 125 heavy (non-hydrogen) atoms. The second-order valence-electron chi connectivity index (χ2n) is 24.4. The van der Waals surface area contributed by atoms with Gasteiger partial charge in [0, 0.05) is 56.4 Å². The molecule has 0 saturated heterocycles. The third-order valence-corrected chi connectivity index (χ3v) is 14.9. The van der Waals surface area contributed by atoms with Crippen LogP contribution in [0.3, 0.4) is 0 Å². The lowest BCUT2D eigenvalue weighted by Gasteiger charge is -2.13. The summed E-state index contributed by atoms with van der Waals surface area (Å²) < 4.78 is 51.7. The summed E-state index contributed by atoms with van der Waals surface area (Å²) in [5.41, 5.74) is 8.19. The maximum Gasteiger partial charge on any atom is 0.119 e. The SMILES string of the molecule is CC.CC.COCCO.COCCO.COCCO.COCCO.COCCO.COCCO.COCCO.OCCOCCCc1ccc2ccccc2c1.OCCOCc1ccccc1.OCCOc1ccccc1.OCCOc1ccccc1.c1ccc(-c2ccccc2)cc1.c1ccc2c(c1)CCCC2.c1ccc2ccccc2c1.c1ccccc1. The first-order chi connectivity index (χ1) is 61.5. The molecule has 0 unspecified atom stereocenters. The van der Waals surface area contributed by atoms with Crippen LogP contribution in [0.15, 0.2) is 303 Å². The van der Waals surface area contributed by atoms with Crippen molar-refractivity contribution in [3.8, 4) is 22.6 Å². The molecule has 0 amide bonds. The van der Waals surface area contributed by atoms with E-state index in [4.69, 9.17) is 75.1 Å². The van der Waals surface area contributed by atoms with Gasteiger partial charge in [-0.15, -0.1) is 0 Å². The van der Waals surface area contributed by atoms with E-state index < -0.39 is 0 Å². The van der Waals surface area contributed by atoms with E-state index in [2.05, 4.69) is 197 Å². The summed E-state index contributed by atoms with van der Waals surface area (Å²) in [5, 5.41) is 94.6. The molecule has 11 aromatic rings. The van der Waals surface area contributed by atoms with Crippen LogP contribution in [0.4, 0.5) is 0 Å². The van der Waals surface area contributed by atoms with E-state index >= 15 is 0 Å². The van der Waals surface area contributed by atoms with E-state index in [-0.39, 0.29) is 72.7 Å². The Labute approximate surface area is 748 Å². The molecule has 1 aliphatic carbocycles. The highest BCUT2D eigenvalue weighted by atomic mass is 16.5. The molecule has 0 atom stereocenters. The molecule has 0 bridgehead atoms. The smallest absolute Gasteiger partial charge is 0.119 e. The van der Waals surface area contributed by atoms with Crippen molar-refractivity contribution in [2.24, 2.45) is 0 Å². The van der Waals surface area contributed by atoms with Crippen LogP contribution in [-0.4, -0.2) is 258 Å². The summed E-state index contributed by atoms with van der Waals surface area (Å²) in [4.78, 5) is 0. The van der Waals surface area contributed by atoms with Gasteiger partial charge < -0.3 is 108 Å². The van der Waals surface area contributed by atoms with E-state index in [1.165, 1.54) is 63.9 Å². The number of hydrogen-bond donors (Lipinski definition) is 11. The Morgan fingerprint density at radius 3 is 0.760 bits per heavy atom. The monoisotopic (exact) mass is 1740 g/mol. The zero-order valence-corrected chi connectivity index (χ0v) is 76.5. The van der Waals surface area contributed by atoms with Crippen LogP contribution < -0.4 is 9.47 Å². The fourth-order valence-electron chi connectivity index (χ4n) is 9.22. The van der Waals surface area contributed by atoms with E-state index in [0.29, 0.717) is 85.9 Å². The molecule has 11 aromatic carbocycles. The molecular formula is C103H154O22. The van der Waals surface area contributed by atoms with E-state index in [1.54, 1.807) is 60.9 Å². The van der Waals surface area contributed by atoms with E-state index in [9.17, 15) is 0 Å². The quantitative estimate of drug-likeness (QED) is 0.0180. The highest BCUT2D eigenvalue weighted by Crippen LogP contribution is 2.21. The molecule has 0 spiro atoms. The van der Waals surface area contributed by atoms with E-state index in [1.807, 2.05) is 167 Å². The van der Waals surface area contributed by atoms with Gasteiger partial charge in [-0.2, -0.15) is 0 Å². The van der Waals surface area contributed by atoms with Crippen LogP contribution in [0.2, 0.25) is 0 Å². The topological polar surface area (TPSA) is 324 Å². The number of para-hydroxylation sites is 2. The van der Waals surface area contributed by atoms with Crippen molar-refractivity contribution in [2.45, 2.75) is 72.8 Å². The lowest BCUT2D eigenvalue weighted by Crippen LogP contribution is -2.01. The van der Waals surface area contributed by atoms with Gasteiger partial charge in [0.15, 0.2) is 0 Å². The molecule has 0 saturated carbocycles. The van der Waals surface area contributed by atoms with E-state index in [0.717, 1.165) is 29.9 Å². The van der Waals surface area contributed by atoms with Gasteiger partial charge in [-0.25, -0.2) is 0 Å². The van der Waals surface area contributed by atoms with Gasteiger partial charge in [-0.05, 0) is 118 Å². The fourth-order valence-corrected chi connectivity index (χ4v) is 9.22. The molecule has 698 valence electrons. The predicted molar refractivity (Wildman–Crippen MR) is 512 cm³/mol. The van der Waals surface area contributed by atoms with Crippen LogP contribution >= 0.6 is 0 Å². The molecule has 0 radical (unpaired) electrons. The highest BCUT2D eigenvalue weighted by Gasteiger charge is 2.06. The van der Waals surface area contributed by atoms with Gasteiger partial charge in [0.1, 0.15) is 24.7 Å². The van der Waals surface area contributed by atoms with Crippen LogP contribution in [0.5, 0.6) is 11.5 Å². The van der Waals surface area contributed by atoms with Crippen molar-refractivity contribution in [3.05, 3.63) is 326 Å². The second-order valence-corrected chi connectivity index (χ2v) is 24.4. The highest BCUT2D eigenvalue weighted by molar-refractivity contribution is 5.83. The molecule has 0 heterocycles. The van der Waals surface area contributed by atoms with Crippen LogP contribution in [0.1, 0.15) is 69.2 Å². The summed E-state index contributed by atoms with van der Waals surface area (Å²) in [5.74, 6) is 1.60. The zero-order valence-electron chi connectivity index (χ0n) is 76.5. The number of aliphatic hydroxyl groups is 11. The number of methoxy groups -OCH3 is 7. The lowest BCUT2D eigenvalue weighted by atomic mass is 9.92. The Hall–Kier alpha value is -9.26. The molecule has 22 heteroatoms. The Morgan fingerprint density at radius 2 is 0.472 bits per heavy atom. The molecule has 12 rings (SSSR count). The summed E-state index contributed by atoms with van der Waals surface area (Å²) in [6.45, 7) is 15.2. The van der Waals surface area contributed by atoms with Gasteiger partial charge in [0.2, 0.25) is 0 Å². The zero-order chi connectivity index (χ0) is 93.3.